The Hall–Kier alpha value is -2.07. The Balaban J connectivity index is 2.20. The van der Waals surface area contributed by atoms with Crippen LogP contribution in [0.5, 0.6) is 11.5 Å². The molecule has 114 valence electrons. The first-order valence-electron chi connectivity index (χ1n) is 6.93. The molecule has 0 aliphatic rings. The molecule has 0 aromatic heterocycles. The minimum absolute atomic E-state index is 0.0553. The van der Waals surface area contributed by atoms with Crippen LogP contribution in [0.3, 0.4) is 0 Å². The molecule has 0 saturated carbocycles. The molecule has 2 aromatic rings. The summed E-state index contributed by atoms with van der Waals surface area (Å²) in [7, 11) is 1.59. The maximum absolute atomic E-state index is 12.2. The summed E-state index contributed by atoms with van der Waals surface area (Å²) in [6, 6.07) is 12.9. The zero-order chi connectivity index (χ0) is 15.9. The van der Waals surface area contributed by atoms with Crippen LogP contribution in [-0.4, -0.2) is 19.5 Å². The van der Waals surface area contributed by atoms with Gasteiger partial charge in [0.2, 0.25) is 0 Å². The highest BCUT2D eigenvalue weighted by atomic mass is 79.9. The number of benzene rings is 2. The Bertz CT molecular complexity index is 692. The molecular formula is C18H17BrO3. The molecule has 22 heavy (non-hydrogen) atoms. The number of allylic oxidation sites excluding steroid dienone is 1. The van der Waals surface area contributed by atoms with Crippen LogP contribution in [-0.2, 0) is 0 Å². The first-order chi connectivity index (χ1) is 10.7. The molecule has 0 saturated heterocycles. The van der Waals surface area contributed by atoms with E-state index in [4.69, 9.17) is 9.47 Å². The third kappa shape index (κ3) is 3.98. The minimum atomic E-state index is -0.0553. The Morgan fingerprint density at radius 2 is 1.95 bits per heavy atom. The van der Waals surface area contributed by atoms with E-state index >= 15 is 0 Å². The zero-order valence-corrected chi connectivity index (χ0v) is 14.1. The zero-order valence-electron chi connectivity index (χ0n) is 12.5. The van der Waals surface area contributed by atoms with Crippen molar-refractivity contribution in [2.45, 2.75) is 6.92 Å². The number of ether oxygens (including phenoxy) is 2. The lowest BCUT2D eigenvalue weighted by Gasteiger charge is -2.09. The van der Waals surface area contributed by atoms with Gasteiger partial charge in [0.15, 0.2) is 17.3 Å². The average molecular weight is 361 g/mol. The first kappa shape index (κ1) is 16.3. The van der Waals surface area contributed by atoms with E-state index in [0.717, 1.165) is 10.0 Å². The van der Waals surface area contributed by atoms with E-state index in [-0.39, 0.29) is 5.78 Å². The quantitative estimate of drug-likeness (QED) is 0.550. The number of ketones is 1. The van der Waals surface area contributed by atoms with Crippen LogP contribution in [0.4, 0.5) is 0 Å². The van der Waals surface area contributed by atoms with Gasteiger partial charge in [-0.25, -0.2) is 0 Å². The van der Waals surface area contributed by atoms with Crippen molar-refractivity contribution in [1.82, 2.24) is 0 Å². The van der Waals surface area contributed by atoms with E-state index < -0.39 is 0 Å². The highest BCUT2D eigenvalue weighted by Crippen LogP contribution is 2.28. The van der Waals surface area contributed by atoms with Crippen LogP contribution in [0.1, 0.15) is 22.8 Å². The van der Waals surface area contributed by atoms with Crippen molar-refractivity contribution in [2.24, 2.45) is 0 Å². The lowest BCUT2D eigenvalue weighted by molar-refractivity contribution is 0.104. The number of halogens is 1. The summed E-state index contributed by atoms with van der Waals surface area (Å²) in [6.07, 6.45) is 3.31. The summed E-state index contributed by atoms with van der Waals surface area (Å²) >= 11 is 3.38. The highest BCUT2D eigenvalue weighted by Gasteiger charge is 2.07. The van der Waals surface area contributed by atoms with E-state index in [1.54, 1.807) is 25.3 Å². The largest absolute Gasteiger partial charge is 0.493 e. The monoisotopic (exact) mass is 360 g/mol. The van der Waals surface area contributed by atoms with E-state index in [1.165, 1.54) is 0 Å². The van der Waals surface area contributed by atoms with Gasteiger partial charge >= 0.3 is 0 Å². The highest BCUT2D eigenvalue weighted by molar-refractivity contribution is 9.10. The molecule has 2 aromatic carbocycles. The molecule has 0 atom stereocenters. The van der Waals surface area contributed by atoms with Crippen molar-refractivity contribution in [3.63, 3.8) is 0 Å². The van der Waals surface area contributed by atoms with Gasteiger partial charge in [-0.05, 0) is 42.8 Å². The predicted octanol–water partition coefficient (Wildman–Crippen LogP) is 4.75. The van der Waals surface area contributed by atoms with Crippen LogP contribution in [0.15, 0.2) is 53.0 Å². The fourth-order valence-electron chi connectivity index (χ4n) is 1.99. The molecule has 0 radical (unpaired) electrons. The number of hydrogen-bond acceptors (Lipinski definition) is 3. The second-order valence-electron chi connectivity index (χ2n) is 4.52. The van der Waals surface area contributed by atoms with Gasteiger partial charge in [0.1, 0.15) is 0 Å². The molecule has 0 aliphatic carbocycles. The summed E-state index contributed by atoms with van der Waals surface area (Å²) in [5, 5.41) is 0. The molecule has 0 bridgehead atoms. The summed E-state index contributed by atoms with van der Waals surface area (Å²) in [5.74, 6) is 1.29. The molecule has 0 fully saturated rings. The van der Waals surface area contributed by atoms with Crippen LogP contribution >= 0.6 is 15.9 Å². The molecular weight excluding hydrogens is 344 g/mol. The summed E-state index contributed by atoms with van der Waals surface area (Å²) < 4.78 is 11.6. The van der Waals surface area contributed by atoms with Gasteiger partial charge < -0.3 is 9.47 Å². The third-order valence-electron chi connectivity index (χ3n) is 3.05. The van der Waals surface area contributed by atoms with Crippen molar-refractivity contribution in [2.75, 3.05) is 13.7 Å². The summed E-state index contributed by atoms with van der Waals surface area (Å²) in [4.78, 5) is 12.2. The smallest absolute Gasteiger partial charge is 0.186 e. The van der Waals surface area contributed by atoms with Crippen molar-refractivity contribution >= 4 is 27.8 Å². The van der Waals surface area contributed by atoms with Gasteiger partial charge in [0.25, 0.3) is 0 Å². The van der Waals surface area contributed by atoms with Gasteiger partial charge in [-0.3, -0.25) is 4.79 Å². The molecule has 3 nitrogen and oxygen atoms in total. The third-order valence-corrected chi connectivity index (χ3v) is 3.75. The first-order valence-corrected chi connectivity index (χ1v) is 7.72. The number of carbonyl (C=O) groups excluding carboxylic acids is 1. The average Bonchev–Trinajstić information content (AvgIpc) is 2.54. The number of hydrogen-bond donors (Lipinski definition) is 0. The van der Waals surface area contributed by atoms with E-state index in [1.807, 2.05) is 43.3 Å². The maximum atomic E-state index is 12.2. The molecule has 0 N–H and O–H groups in total. The number of carbonyl (C=O) groups is 1. The topological polar surface area (TPSA) is 35.5 Å². The number of methoxy groups -OCH3 is 1. The Labute approximate surface area is 138 Å². The van der Waals surface area contributed by atoms with Crippen molar-refractivity contribution in [3.8, 4) is 11.5 Å². The van der Waals surface area contributed by atoms with E-state index in [2.05, 4.69) is 15.9 Å². The molecule has 0 unspecified atom stereocenters. The maximum Gasteiger partial charge on any atom is 0.186 e. The van der Waals surface area contributed by atoms with Crippen molar-refractivity contribution in [1.29, 1.82) is 0 Å². The Morgan fingerprint density at radius 3 is 2.64 bits per heavy atom. The van der Waals surface area contributed by atoms with Crippen LogP contribution in [0.2, 0.25) is 0 Å². The summed E-state index contributed by atoms with van der Waals surface area (Å²) in [5.41, 5.74) is 1.51. The number of rotatable bonds is 6. The second kappa shape index (κ2) is 7.80. The van der Waals surface area contributed by atoms with Gasteiger partial charge in [0, 0.05) is 10.0 Å². The van der Waals surface area contributed by atoms with Gasteiger partial charge in [0.05, 0.1) is 13.7 Å². The normalized spacial score (nSPS) is 10.7. The molecule has 0 spiro atoms. The molecule has 2 rings (SSSR count). The minimum Gasteiger partial charge on any atom is -0.493 e. The molecule has 0 amide bonds. The fourth-order valence-corrected chi connectivity index (χ4v) is 2.47. The van der Waals surface area contributed by atoms with Crippen molar-refractivity contribution < 1.29 is 14.3 Å². The standard InChI is InChI=1S/C18H17BrO3/c1-3-22-17-11-9-13(12-18(17)21-2)8-10-16(20)14-6-4-5-7-15(14)19/h4-12H,3H2,1-2H3/b10-8+. The SMILES string of the molecule is CCOc1ccc(/C=C/C(=O)c2ccccc2Br)cc1OC. The van der Waals surface area contributed by atoms with Gasteiger partial charge in [-0.1, -0.05) is 40.2 Å². The van der Waals surface area contributed by atoms with Crippen LogP contribution in [0, 0.1) is 0 Å². The molecule has 4 heteroatoms. The van der Waals surface area contributed by atoms with E-state index in [0.29, 0.717) is 23.7 Å². The lowest BCUT2D eigenvalue weighted by Crippen LogP contribution is -1.96. The molecule has 0 aliphatic heterocycles. The van der Waals surface area contributed by atoms with Gasteiger partial charge in [-0.2, -0.15) is 0 Å². The Kier molecular flexibility index (Phi) is 5.78. The van der Waals surface area contributed by atoms with Crippen LogP contribution < -0.4 is 9.47 Å². The lowest BCUT2D eigenvalue weighted by atomic mass is 10.1. The fraction of sp³-hybridized carbons (Fsp3) is 0.167. The predicted molar refractivity (Wildman–Crippen MR) is 91.7 cm³/mol. The Morgan fingerprint density at radius 1 is 1.18 bits per heavy atom. The van der Waals surface area contributed by atoms with Crippen molar-refractivity contribution in [3.05, 3.63) is 64.1 Å². The molecule has 0 heterocycles. The van der Waals surface area contributed by atoms with Crippen LogP contribution in [0.25, 0.3) is 6.08 Å². The second-order valence-corrected chi connectivity index (χ2v) is 5.38. The summed E-state index contributed by atoms with van der Waals surface area (Å²) in [6.45, 7) is 2.50. The van der Waals surface area contributed by atoms with E-state index in [9.17, 15) is 4.79 Å². The van der Waals surface area contributed by atoms with Gasteiger partial charge in [-0.15, -0.1) is 0 Å².